The molecule has 4 nitrogen and oxygen atoms in total. The van der Waals surface area contributed by atoms with Crippen molar-refractivity contribution in [2.24, 2.45) is 0 Å². The van der Waals surface area contributed by atoms with Crippen LogP contribution in [0.25, 0.3) is 0 Å². The van der Waals surface area contributed by atoms with Gasteiger partial charge in [0.05, 0.1) is 19.0 Å². The zero-order valence-electron chi connectivity index (χ0n) is 8.39. The average molecular weight is 258 g/mol. The van der Waals surface area contributed by atoms with E-state index in [9.17, 15) is 22.0 Å². The molecule has 96 valence electrons. The molecule has 0 saturated carbocycles. The molecule has 17 heavy (non-hydrogen) atoms. The summed E-state index contributed by atoms with van der Waals surface area (Å²) in [5, 5.41) is 0. The number of pyridine rings is 1. The van der Waals surface area contributed by atoms with Gasteiger partial charge in [0.15, 0.2) is 5.75 Å². The smallest absolute Gasteiger partial charge is 0.481 e. The molecule has 0 bridgehead atoms. The largest absolute Gasteiger partial charge is 0.573 e. The third-order valence-corrected chi connectivity index (χ3v) is 1.72. The van der Waals surface area contributed by atoms with Crippen LogP contribution >= 0.6 is 0 Å². The molecular weight excluding hydrogens is 251 g/mol. The number of rotatable bonds is 3. The molecule has 0 fully saturated rings. The Balaban J connectivity index is 3.23. The second kappa shape index (κ2) is 4.60. The number of hydrogen-bond acceptors (Lipinski definition) is 4. The fraction of sp³-hybridized carbons (Fsp3) is 0.375. The van der Waals surface area contributed by atoms with Crippen LogP contribution in [0, 0.1) is 0 Å². The first-order valence-electron chi connectivity index (χ1n) is 4.12. The van der Waals surface area contributed by atoms with Crippen molar-refractivity contribution in [2.45, 2.75) is 12.8 Å². The minimum Gasteiger partial charge on any atom is -0.481 e. The van der Waals surface area contributed by atoms with Gasteiger partial charge in [-0.3, -0.25) is 0 Å². The second-order valence-electron chi connectivity index (χ2n) is 2.81. The lowest BCUT2D eigenvalue weighted by atomic mass is 10.2. The Labute approximate surface area is 92.1 Å². The maximum absolute atomic E-state index is 12.6. The molecule has 0 aromatic carbocycles. The number of hydrogen-bond donors (Lipinski definition) is 1. The summed E-state index contributed by atoms with van der Waals surface area (Å²) < 4.78 is 68.8. The fourth-order valence-electron chi connectivity index (χ4n) is 1.08. The summed E-state index contributed by atoms with van der Waals surface area (Å²) >= 11 is 0. The van der Waals surface area contributed by atoms with Crippen LogP contribution in [0.5, 0.6) is 11.6 Å². The Morgan fingerprint density at radius 1 is 1.35 bits per heavy atom. The Hall–Kier alpha value is -1.80. The first-order valence-corrected chi connectivity index (χ1v) is 4.12. The van der Waals surface area contributed by atoms with Crippen LogP contribution in [0.4, 0.5) is 27.6 Å². The molecule has 0 aliphatic carbocycles. The summed E-state index contributed by atoms with van der Waals surface area (Å²) in [6, 6.07) is 0. The Morgan fingerprint density at radius 2 is 1.94 bits per heavy atom. The number of methoxy groups -OCH3 is 1. The second-order valence-corrected chi connectivity index (χ2v) is 2.81. The van der Waals surface area contributed by atoms with E-state index in [4.69, 9.17) is 5.73 Å². The van der Waals surface area contributed by atoms with Gasteiger partial charge in [-0.25, -0.2) is 13.8 Å². The average Bonchev–Trinajstić information content (AvgIpc) is 2.18. The van der Waals surface area contributed by atoms with Crippen molar-refractivity contribution < 1.29 is 31.4 Å². The number of nitrogen functional groups attached to an aromatic ring is 1. The lowest BCUT2D eigenvalue weighted by molar-refractivity contribution is -0.274. The summed E-state index contributed by atoms with van der Waals surface area (Å²) in [6.45, 7) is 0. The van der Waals surface area contributed by atoms with Crippen molar-refractivity contribution >= 4 is 5.69 Å². The lowest BCUT2D eigenvalue weighted by Gasteiger charge is -2.15. The molecule has 0 amide bonds. The molecule has 0 aliphatic heterocycles. The predicted octanol–water partition coefficient (Wildman–Crippen LogP) is 2.51. The molecule has 2 N–H and O–H groups in total. The number of alkyl halides is 5. The summed E-state index contributed by atoms with van der Waals surface area (Å²) in [5.41, 5.74) is 3.35. The Bertz CT molecular complexity index is 408. The van der Waals surface area contributed by atoms with E-state index in [-0.39, 0.29) is 0 Å². The predicted molar refractivity (Wildman–Crippen MR) is 46.8 cm³/mol. The van der Waals surface area contributed by atoms with E-state index in [1.54, 1.807) is 0 Å². The molecule has 0 unspecified atom stereocenters. The van der Waals surface area contributed by atoms with Crippen LogP contribution < -0.4 is 15.2 Å². The minimum atomic E-state index is -5.04. The monoisotopic (exact) mass is 258 g/mol. The van der Waals surface area contributed by atoms with Crippen molar-refractivity contribution in [1.82, 2.24) is 4.98 Å². The molecule has 0 spiro atoms. The normalized spacial score (nSPS) is 11.7. The Morgan fingerprint density at radius 3 is 2.35 bits per heavy atom. The highest BCUT2D eigenvalue weighted by Crippen LogP contribution is 2.39. The first kappa shape index (κ1) is 13.3. The third-order valence-electron chi connectivity index (χ3n) is 1.72. The van der Waals surface area contributed by atoms with Crippen LogP contribution in [0.15, 0.2) is 6.20 Å². The van der Waals surface area contributed by atoms with Crippen LogP contribution in [-0.2, 0) is 0 Å². The van der Waals surface area contributed by atoms with Crippen LogP contribution in [0.3, 0.4) is 0 Å². The van der Waals surface area contributed by atoms with Crippen LogP contribution in [-0.4, -0.2) is 18.5 Å². The van der Waals surface area contributed by atoms with Crippen LogP contribution in [0.1, 0.15) is 12.0 Å². The number of ether oxygens (including phenoxy) is 2. The van der Waals surface area contributed by atoms with Gasteiger partial charge in [0.25, 0.3) is 6.43 Å². The van der Waals surface area contributed by atoms with E-state index >= 15 is 0 Å². The van der Waals surface area contributed by atoms with Gasteiger partial charge in [0.1, 0.15) is 5.56 Å². The lowest BCUT2D eigenvalue weighted by Crippen LogP contribution is -2.19. The van der Waals surface area contributed by atoms with Gasteiger partial charge < -0.3 is 15.2 Å². The van der Waals surface area contributed by atoms with Gasteiger partial charge in [-0.15, -0.1) is 13.2 Å². The standard InChI is InChI=1S/C8H7F5N2O2/c1-16-7-4(6(9)10)5(14)3(2-15-7)17-8(11,12)13/h2,6H,1H3,(H2,14,15). The number of nitrogens with zero attached hydrogens (tertiary/aromatic N) is 1. The molecule has 0 saturated heterocycles. The van der Waals surface area contributed by atoms with Gasteiger partial charge in [-0.2, -0.15) is 0 Å². The zero-order valence-corrected chi connectivity index (χ0v) is 8.39. The van der Waals surface area contributed by atoms with E-state index < -0.39 is 35.7 Å². The number of nitrogens with two attached hydrogens (primary N) is 1. The third kappa shape index (κ3) is 3.08. The minimum absolute atomic E-state index is 0.549. The van der Waals surface area contributed by atoms with Gasteiger partial charge in [-0.1, -0.05) is 0 Å². The van der Waals surface area contributed by atoms with E-state index in [2.05, 4.69) is 14.5 Å². The quantitative estimate of drug-likeness (QED) is 0.846. The summed E-state index contributed by atoms with van der Waals surface area (Å²) in [6.07, 6.45) is -7.61. The summed E-state index contributed by atoms with van der Waals surface area (Å²) in [7, 11) is 1.04. The number of anilines is 1. The summed E-state index contributed by atoms with van der Waals surface area (Å²) in [4.78, 5) is 3.26. The van der Waals surface area contributed by atoms with Crippen LogP contribution in [0.2, 0.25) is 0 Å². The van der Waals surface area contributed by atoms with Gasteiger partial charge >= 0.3 is 6.36 Å². The SMILES string of the molecule is COc1ncc(OC(F)(F)F)c(N)c1C(F)F. The molecule has 0 atom stereocenters. The van der Waals surface area contributed by atoms with Crippen molar-refractivity contribution in [1.29, 1.82) is 0 Å². The van der Waals surface area contributed by atoms with Crippen molar-refractivity contribution in [2.75, 3.05) is 12.8 Å². The molecule has 1 aromatic heterocycles. The molecule has 9 heteroatoms. The molecule has 0 radical (unpaired) electrons. The first-order chi connectivity index (χ1) is 7.76. The van der Waals surface area contributed by atoms with E-state index in [1.807, 2.05) is 0 Å². The van der Waals surface area contributed by atoms with Gasteiger partial charge in [-0.05, 0) is 0 Å². The van der Waals surface area contributed by atoms with E-state index in [0.29, 0.717) is 6.20 Å². The highest BCUT2D eigenvalue weighted by atomic mass is 19.4. The maximum atomic E-state index is 12.6. The van der Waals surface area contributed by atoms with E-state index in [1.165, 1.54) is 0 Å². The fourth-order valence-corrected chi connectivity index (χ4v) is 1.08. The molecule has 1 rings (SSSR count). The molecule has 1 aromatic rings. The zero-order chi connectivity index (χ0) is 13.2. The van der Waals surface area contributed by atoms with Gasteiger partial charge in [0.2, 0.25) is 5.88 Å². The number of aromatic nitrogens is 1. The van der Waals surface area contributed by atoms with Crippen molar-refractivity contribution in [3.8, 4) is 11.6 Å². The maximum Gasteiger partial charge on any atom is 0.573 e. The highest BCUT2D eigenvalue weighted by Gasteiger charge is 2.34. The molecule has 0 aliphatic rings. The van der Waals surface area contributed by atoms with Crippen molar-refractivity contribution in [3.63, 3.8) is 0 Å². The number of halogens is 5. The summed E-state index contributed by atoms with van der Waals surface area (Å²) in [5.74, 6) is -1.54. The van der Waals surface area contributed by atoms with E-state index in [0.717, 1.165) is 7.11 Å². The van der Waals surface area contributed by atoms with Crippen molar-refractivity contribution in [3.05, 3.63) is 11.8 Å². The Kier molecular flexibility index (Phi) is 3.59. The molecule has 1 heterocycles. The molecular formula is C8H7F5N2O2. The van der Waals surface area contributed by atoms with Gasteiger partial charge in [0, 0.05) is 0 Å². The highest BCUT2D eigenvalue weighted by molar-refractivity contribution is 5.61. The topological polar surface area (TPSA) is 57.4 Å².